The number of anilines is 1. The highest BCUT2D eigenvalue weighted by molar-refractivity contribution is 7.93. The van der Waals surface area contributed by atoms with Crippen LogP contribution in [0.25, 0.3) is 11.1 Å². The number of pyridine rings is 1. The summed E-state index contributed by atoms with van der Waals surface area (Å²) in [6.07, 6.45) is -0.362. The summed E-state index contributed by atoms with van der Waals surface area (Å²) < 4.78 is 68.2. The molecule has 0 spiro atoms. The van der Waals surface area contributed by atoms with Crippen LogP contribution >= 0.6 is 0 Å². The molecular formula is C29H24F3N3O3S. The van der Waals surface area contributed by atoms with Crippen molar-refractivity contribution >= 4 is 21.6 Å². The number of carbonyl (C=O) groups is 1. The minimum atomic E-state index is -4.49. The zero-order valence-electron chi connectivity index (χ0n) is 20.6. The van der Waals surface area contributed by atoms with Crippen LogP contribution in [-0.2, 0) is 33.8 Å². The highest BCUT2D eigenvalue weighted by Gasteiger charge is 2.42. The number of aromatic nitrogens is 1. The molecular weight excluding hydrogens is 527 g/mol. The van der Waals surface area contributed by atoms with Crippen molar-refractivity contribution in [3.05, 3.63) is 114 Å². The molecule has 1 N–H and O–H groups in total. The first-order chi connectivity index (χ1) is 18.6. The van der Waals surface area contributed by atoms with Crippen molar-refractivity contribution in [3.8, 4) is 11.1 Å². The molecule has 0 unspecified atom stereocenters. The molecule has 1 aromatic heterocycles. The number of halogens is 3. The van der Waals surface area contributed by atoms with Gasteiger partial charge in [-0.05, 0) is 65.1 Å². The molecule has 0 radical (unpaired) electrons. The number of rotatable bonds is 7. The monoisotopic (exact) mass is 551 g/mol. The summed E-state index contributed by atoms with van der Waals surface area (Å²) in [4.78, 5) is 17.2. The van der Waals surface area contributed by atoms with Gasteiger partial charge in [-0.2, -0.15) is 13.2 Å². The third kappa shape index (κ3) is 5.51. The minimum absolute atomic E-state index is 0.0666. The van der Waals surface area contributed by atoms with E-state index in [1.807, 2.05) is 6.07 Å². The van der Waals surface area contributed by atoms with E-state index >= 15 is 0 Å². The fraction of sp³-hybridized carbons (Fsp3) is 0.172. The number of sulfonamides is 1. The molecule has 6 nitrogen and oxygen atoms in total. The summed E-state index contributed by atoms with van der Waals surface area (Å²) in [5, 5.41) is 2.84. The molecule has 200 valence electrons. The van der Waals surface area contributed by atoms with Gasteiger partial charge in [-0.3, -0.25) is 14.1 Å². The quantitative estimate of drug-likeness (QED) is 0.341. The van der Waals surface area contributed by atoms with Crippen LogP contribution in [0.2, 0.25) is 0 Å². The van der Waals surface area contributed by atoms with Crippen molar-refractivity contribution in [3.63, 3.8) is 0 Å². The highest BCUT2D eigenvalue weighted by Crippen LogP contribution is 2.38. The van der Waals surface area contributed by atoms with Gasteiger partial charge in [0.05, 0.1) is 16.1 Å². The van der Waals surface area contributed by atoms with Gasteiger partial charge in [-0.25, -0.2) is 8.42 Å². The fourth-order valence-corrected chi connectivity index (χ4v) is 6.31. The van der Waals surface area contributed by atoms with Gasteiger partial charge in [-0.15, -0.1) is 0 Å². The maximum absolute atomic E-state index is 13.8. The molecule has 39 heavy (non-hydrogen) atoms. The number of nitrogens with one attached hydrogen (secondary N) is 1. The predicted molar refractivity (Wildman–Crippen MR) is 141 cm³/mol. The standard InChI is InChI=1S/C29H24F3N3O3S/c30-29(31,32)24-8-3-7-22(17-24)21-10-12-25(13-11-21)39(37,38)35-26-9-2-1-6-23(26)18-27(35)28(36)34-16-14-20-5-4-15-33-19-20/h1-13,15,17,19,27H,14,16,18H2,(H,34,36)/t27-/m0/s1. The van der Waals surface area contributed by atoms with Gasteiger partial charge in [0, 0.05) is 25.4 Å². The van der Waals surface area contributed by atoms with Crippen LogP contribution in [0.1, 0.15) is 16.7 Å². The molecule has 4 aromatic rings. The molecule has 2 heterocycles. The molecule has 5 rings (SSSR count). The van der Waals surface area contributed by atoms with Crippen molar-refractivity contribution in [1.82, 2.24) is 10.3 Å². The Morgan fingerprint density at radius 3 is 2.44 bits per heavy atom. The highest BCUT2D eigenvalue weighted by atomic mass is 32.2. The Balaban J connectivity index is 1.40. The average molecular weight is 552 g/mol. The van der Waals surface area contributed by atoms with Crippen LogP contribution in [-0.4, -0.2) is 31.9 Å². The van der Waals surface area contributed by atoms with Gasteiger partial charge in [0.1, 0.15) is 6.04 Å². The Morgan fingerprint density at radius 1 is 0.949 bits per heavy atom. The third-order valence-electron chi connectivity index (χ3n) is 6.60. The Morgan fingerprint density at radius 2 is 1.72 bits per heavy atom. The lowest BCUT2D eigenvalue weighted by Gasteiger charge is -2.26. The topological polar surface area (TPSA) is 79.4 Å². The van der Waals surface area contributed by atoms with Crippen molar-refractivity contribution < 1.29 is 26.4 Å². The second-order valence-corrected chi connectivity index (χ2v) is 11.0. The average Bonchev–Trinajstić information content (AvgIpc) is 3.34. The number of fused-ring (bicyclic) bond motifs is 1. The molecule has 1 aliphatic heterocycles. The summed E-state index contributed by atoms with van der Waals surface area (Å²) in [5.41, 5.74) is 2.05. The lowest BCUT2D eigenvalue weighted by atomic mass is 10.0. The zero-order valence-corrected chi connectivity index (χ0v) is 21.4. The van der Waals surface area contributed by atoms with Gasteiger partial charge in [0.2, 0.25) is 5.91 Å². The van der Waals surface area contributed by atoms with E-state index in [1.165, 1.54) is 36.4 Å². The summed E-state index contributed by atoms with van der Waals surface area (Å²) in [5.74, 6) is -0.417. The van der Waals surface area contributed by atoms with Gasteiger partial charge in [0.15, 0.2) is 0 Å². The lowest BCUT2D eigenvalue weighted by molar-refractivity contribution is -0.137. The first kappa shape index (κ1) is 26.4. The number of para-hydroxylation sites is 1. The van der Waals surface area contributed by atoms with E-state index in [2.05, 4.69) is 10.3 Å². The number of nitrogens with zero attached hydrogens (tertiary/aromatic N) is 2. The van der Waals surface area contributed by atoms with E-state index in [-0.39, 0.29) is 11.3 Å². The Labute approximate surface area is 224 Å². The minimum Gasteiger partial charge on any atom is -0.354 e. The Kier molecular flexibility index (Phi) is 7.14. The maximum Gasteiger partial charge on any atom is 0.416 e. The number of benzene rings is 3. The smallest absolute Gasteiger partial charge is 0.354 e. The summed E-state index contributed by atoms with van der Waals surface area (Å²) in [7, 11) is -4.17. The first-order valence-electron chi connectivity index (χ1n) is 12.2. The second-order valence-electron chi connectivity index (χ2n) is 9.15. The normalized spacial score (nSPS) is 15.2. The fourth-order valence-electron chi connectivity index (χ4n) is 4.66. The molecule has 1 amide bonds. The molecule has 0 saturated heterocycles. The molecule has 3 aromatic carbocycles. The third-order valence-corrected chi connectivity index (χ3v) is 8.44. The zero-order chi connectivity index (χ0) is 27.6. The number of carbonyl (C=O) groups excluding carboxylic acids is 1. The number of amides is 1. The molecule has 0 aliphatic carbocycles. The molecule has 1 aliphatic rings. The van der Waals surface area contributed by atoms with Crippen LogP contribution in [0.4, 0.5) is 18.9 Å². The van der Waals surface area contributed by atoms with Crippen LogP contribution < -0.4 is 9.62 Å². The van der Waals surface area contributed by atoms with E-state index in [1.54, 1.807) is 42.7 Å². The maximum atomic E-state index is 13.8. The Bertz CT molecular complexity index is 1590. The predicted octanol–water partition coefficient (Wildman–Crippen LogP) is 5.25. The van der Waals surface area contributed by atoms with Crippen LogP contribution in [0.5, 0.6) is 0 Å². The van der Waals surface area contributed by atoms with Crippen molar-refractivity contribution in [2.45, 2.75) is 30.0 Å². The van der Waals surface area contributed by atoms with E-state index in [9.17, 15) is 26.4 Å². The van der Waals surface area contributed by atoms with Gasteiger partial charge in [0.25, 0.3) is 10.0 Å². The first-order valence-corrected chi connectivity index (χ1v) is 13.7. The summed E-state index contributed by atoms with van der Waals surface area (Å²) in [6, 6.07) is 20.1. The van der Waals surface area contributed by atoms with E-state index < -0.39 is 33.7 Å². The van der Waals surface area contributed by atoms with Crippen LogP contribution in [0, 0.1) is 0 Å². The van der Waals surface area contributed by atoms with Gasteiger partial charge in [-0.1, -0.05) is 48.5 Å². The lowest BCUT2D eigenvalue weighted by Crippen LogP contribution is -2.48. The number of hydrogen-bond acceptors (Lipinski definition) is 4. The molecule has 0 saturated carbocycles. The van der Waals surface area contributed by atoms with Gasteiger partial charge >= 0.3 is 6.18 Å². The number of alkyl halides is 3. The van der Waals surface area contributed by atoms with Crippen LogP contribution in [0.3, 0.4) is 0 Å². The molecule has 10 heteroatoms. The van der Waals surface area contributed by atoms with E-state index in [4.69, 9.17) is 0 Å². The second kappa shape index (κ2) is 10.5. The van der Waals surface area contributed by atoms with E-state index in [0.717, 1.165) is 27.6 Å². The largest absolute Gasteiger partial charge is 0.416 e. The molecule has 0 bridgehead atoms. The van der Waals surface area contributed by atoms with Crippen molar-refractivity contribution in [1.29, 1.82) is 0 Å². The van der Waals surface area contributed by atoms with Crippen LogP contribution in [0.15, 0.2) is 102 Å². The summed E-state index contributed by atoms with van der Waals surface area (Å²) >= 11 is 0. The van der Waals surface area contributed by atoms with E-state index in [0.29, 0.717) is 29.8 Å². The SMILES string of the molecule is O=C(NCCc1cccnc1)[C@@H]1Cc2ccccc2N1S(=O)(=O)c1ccc(-c2cccc(C(F)(F)F)c2)cc1. The Hall–Kier alpha value is -4.18. The molecule has 1 atom stereocenters. The number of hydrogen-bond donors (Lipinski definition) is 1. The van der Waals surface area contributed by atoms with Crippen molar-refractivity contribution in [2.75, 3.05) is 10.8 Å². The summed E-state index contributed by atoms with van der Waals surface area (Å²) in [6.45, 7) is 0.316. The molecule has 0 fully saturated rings. The van der Waals surface area contributed by atoms with Gasteiger partial charge < -0.3 is 5.32 Å². The van der Waals surface area contributed by atoms with Crippen molar-refractivity contribution in [2.24, 2.45) is 0 Å².